The number of carbonyl (C=O) groups is 2. The smallest absolute Gasteiger partial charge is 0.326 e. The van der Waals surface area contributed by atoms with E-state index in [-0.39, 0.29) is 22.8 Å². The number of rotatable bonds is 5. The number of aromatic amines is 1. The van der Waals surface area contributed by atoms with Gasteiger partial charge in [-0.15, -0.1) is 0 Å². The first-order chi connectivity index (χ1) is 9.97. The van der Waals surface area contributed by atoms with Gasteiger partial charge in [0, 0.05) is 23.9 Å². The van der Waals surface area contributed by atoms with Gasteiger partial charge in [0.1, 0.15) is 11.8 Å². The molecule has 0 aliphatic carbocycles. The summed E-state index contributed by atoms with van der Waals surface area (Å²) < 4.78 is 0. The lowest BCUT2D eigenvalue weighted by molar-refractivity contribution is -0.139. The number of aliphatic carboxylic acids is 1. The summed E-state index contributed by atoms with van der Waals surface area (Å²) in [6, 6.07) is 2.78. The molecule has 7 nitrogen and oxygen atoms in total. The van der Waals surface area contributed by atoms with Gasteiger partial charge in [-0.05, 0) is 18.2 Å². The molecule has 0 fully saturated rings. The molecule has 110 valence electrons. The SMILES string of the molecule is O=C(N[C@@H](Cc1cnc[nH]1)C(=O)O)c1ccc(O)c(Cl)c1. The number of hydrogen-bond donors (Lipinski definition) is 4. The third-order valence-electron chi connectivity index (χ3n) is 2.79. The summed E-state index contributed by atoms with van der Waals surface area (Å²) in [4.78, 5) is 29.8. The summed E-state index contributed by atoms with van der Waals surface area (Å²) >= 11 is 5.71. The number of amides is 1. The van der Waals surface area contributed by atoms with Gasteiger partial charge >= 0.3 is 5.97 Å². The monoisotopic (exact) mass is 309 g/mol. The normalized spacial score (nSPS) is 11.9. The number of carboxylic acid groups (broad SMARTS) is 1. The Morgan fingerprint density at radius 1 is 1.43 bits per heavy atom. The van der Waals surface area contributed by atoms with Gasteiger partial charge in [0.05, 0.1) is 11.3 Å². The number of aromatic nitrogens is 2. The minimum atomic E-state index is -1.16. The van der Waals surface area contributed by atoms with Crippen LogP contribution in [0.2, 0.25) is 5.02 Å². The van der Waals surface area contributed by atoms with E-state index in [1.165, 1.54) is 30.7 Å². The number of aromatic hydroxyl groups is 1. The van der Waals surface area contributed by atoms with Crippen LogP contribution in [-0.2, 0) is 11.2 Å². The number of carbonyl (C=O) groups excluding carboxylic acids is 1. The molecule has 0 radical (unpaired) electrons. The highest BCUT2D eigenvalue weighted by Crippen LogP contribution is 2.23. The summed E-state index contributed by atoms with van der Waals surface area (Å²) in [5.74, 6) is -1.91. The van der Waals surface area contributed by atoms with E-state index in [2.05, 4.69) is 15.3 Å². The second-order valence-electron chi connectivity index (χ2n) is 4.31. The van der Waals surface area contributed by atoms with Crippen LogP contribution in [-0.4, -0.2) is 38.1 Å². The average Bonchev–Trinajstić information content (AvgIpc) is 2.93. The van der Waals surface area contributed by atoms with Crippen molar-refractivity contribution in [2.24, 2.45) is 0 Å². The quantitative estimate of drug-likeness (QED) is 0.662. The number of nitrogens with one attached hydrogen (secondary N) is 2. The number of imidazole rings is 1. The molecule has 0 aliphatic heterocycles. The fourth-order valence-corrected chi connectivity index (χ4v) is 1.89. The molecule has 0 bridgehead atoms. The Balaban J connectivity index is 2.10. The molecule has 0 spiro atoms. The Hall–Kier alpha value is -2.54. The predicted octanol–water partition coefficient (Wildman–Crippen LogP) is 1.19. The van der Waals surface area contributed by atoms with Crippen molar-refractivity contribution in [1.29, 1.82) is 0 Å². The van der Waals surface area contributed by atoms with E-state index in [9.17, 15) is 14.7 Å². The van der Waals surface area contributed by atoms with Crippen LogP contribution < -0.4 is 5.32 Å². The number of halogens is 1. The summed E-state index contributed by atoms with van der Waals surface area (Å²) in [7, 11) is 0. The average molecular weight is 310 g/mol. The Labute approximate surface area is 124 Å². The lowest BCUT2D eigenvalue weighted by Gasteiger charge is -2.14. The summed E-state index contributed by atoms with van der Waals surface area (Å²) in [5.41, 5.74) is 0.750. The molecule has 0 saturated heterocycles. The molecule has 1 aromatic heterocycles. The van der Waals surface area contributed by atoms with Gasteiger partial charge in [0.2, 0.25) is 0 Å². The van der Waals surface area contributed by atoms with Gasteiger partial charge in [0.25, 0.3) is 5.91 Å². The van der Waals surface area contributed by atoms with Crippen LogP contribution in [0.5, 0.6) is 5.75 Å². The summed E-state index contributed by atoms with van der Waals surface area (Å²) in [6.07, 6.45) is 2.99. The van der Waals surface area contributed by atoms with Crippen molar-refractivity contribution < 1.29 is 19.8 Å². The minimum Gasteiger partial charge on any atom is -0.506 e. The molecule has 0 aliphatic rings. The maximum atomic E-state index is 12.0. The number of carboxylic acids is 1. The first kappa shape index (κ1) is 14.9. The third-order valence-corrected chi connectivity index (χ3v) is 3.09. The Bertz CT molecular complexity index is 657. The number of benzene rings is 1. The number of hydrogen-bond acceptors (Lipinski definition) is 4. The summed E-state index contributed by atoms with van der Waals surface area (Å²) in [6.45, 7) is 0. The van der Waals surface area contributed by atoms with Crippen LogP contribution in [0.25, 0.3) is 0 Å². The topological polar surface area (TPSA) is 115 Å². The Morgan fingerprint density at radius 2 is 2.19 bits per heavy atom. The predicted molar refractivity (Wildman–Crippen MR) is 74.3 cm³/mol. The van der Waals surface area contributed by atoms with Crippen molar-refractivity contribution in [3.05, 3.63) is 47.0 Å². The maximum absolute atomic E-state index is 12.0. The lowest BCUT2D eigenvalue weighted by atomic mass is 10.1. The van der Waals surface area contributed by atoms with Crippen LogP contribution in [0.15, 0.2) is 30.7 Å². The molecular weight excluding hydrogens is 298 g/mol. The summed E-state index contributed by atoms with van der Waals surface area (Å²) in [5, 5.41) is 20.9. The van der Waals surface area contributed by atoms with E-state index in [4.69, 9.17) is 16.7 Å². The van der Waals surface area contributed by atoms with E-state index in [0.29, 0.717) is 5.69 Å². The van der Waals surface area contributed by atoms with E-state index in [0.717, 1.165) is 0 Å². The number of phenolic OH excluding ortho intramolecular Hbond substituents is 1. The lowest BCUT2D eigenvalue weighted by Crippen LogP contribution is -2.42. The van der Waals surface area contributed by atoms with E-state index < -0.39 is 17.9 Å². The molecule has 0 unspecified atom stereocenters. The molecule has 1 heterocycles. The van der Waals surface area contributed by atoms with E-state index >= 15 is 0 Å². The molecule has 2 rings (SSSR count). The number of phenols is 1. The Kier molecular flexibility index (Phi) is 4.44. The highest BCUT2D eigenvalue weighted by Gasteiger charge is 2.22. The molecule has 1 amide bonds. The van der Waals surface area contributed by atoms with E-state index in [1.54, 1.807) is 0 Å². The van der Waals surface area contributed by atoms with Crippen molar-refractivity contribution >= 4 is 23.5 Å². The van der Waals surface area contributed by atoms with Crippen molar-refractivity contribution in [3.63, 3.8) is 0 Å². The second kappa shape index (κ2) is 6.27. The minimum absolute atomic E-state index is 0.0168. The van der Waals surface area contributed by atoms with Gasteiger partial charge in [-0.2, -0.15) is 0 Å². The van der Waals surface area contributed by atoms with Crippen LogP contribution in [0.3, 0.4) is 0 Å². The van der Waals surface area contributed by atoms with Crippen LogP contribution in [0.1, 0.15) is 16.1 Å². The number of H-pyrrole nitrogens is 1. The van der Waals surface area contributed by atoms with Crippen molar-refractivity contribution in [1.82, 2.24) is 15.3 Å². The maximum Gasteiger partial charge on any atom is 0.326 e. The largest absolute Gasteiger partial charge is 0.506 e. The van der Waals surface area contributed by atoms with Crippen molar-refractivity contribution in [2.75, 3.05) is 0 Å². The molecule has 1 aromatic carbocycles. The van der Waals surface area contributed by atoms with Crippen molar-refractivity contribution in [2.45, 2.75) is 12.5 Å². The number of nitrogens with zero attached hydrogens (tertiary/aromatic N) is 1. The van der Waals surface area contributed by atoms with Gasteiger partial charge in [-0.1, -0.05) is 11.6 Å². The fraction of sp³-hybridized carbons (Fsp3) is 0.154. The highest BCUT2D eigenvalue weighted by atomic mass is 35.5. The molecule has 2 aromatic rings. The highest BCUT2D eigenvalue weighted by molar-refractivity contribution is 6.32. The van der Waals surface area contributed by atoms with Crippen LogP contribution in [0.4, 0.5) is 0 Å². The van der Waals surface area contributed by atoms with Gasteiger partial charge in [0.15, 0.2) is 0 Å². The second-order valence-corrected chi connectivity index (χ2v) is 4.72. The van der Waals surface area contributed by atoms with Gasteiger partial charge in [-0.25, -0.2) is 9.78 Å². The fourth-order valence-electron chi connectivity index (χ4n) is 1.71. The molecular formula is C13H12ClN3O4. The standard InChI is InChI=1S/C13H12ClN3O4/c14-9-3-7(1-2-11(9)18)12(19)17-10(13(20)21)4-8-5-15-6-16-8/h1-3,5-6,10,18H,4H2,(H,15,16)(H,17,19)(H,20,21)/t10-/m0/s1. The zero-order valence-electron chi connectivity index (χ0n) is 10.7. The van der Waals surface area contributed by atoms with Crippen LogP contribution in [0, 0.1) is 0 Å². The molecule has 21 heavy (non-hydrogen) atoms. The third kappa shape index (κ3) is 3.73. The molecule has 1 atom stereocenters. The zero-order valence-corrected chi connectivity index (χ0v) is 11.5. The van der Waals surface area contributed by atoms with Gasteiger partial charge < -0.3 is 20.5 Å². The first-order valence-electron chi connectivity index (χ1n) is 5.97. The van der Waals surface area contributed by atoms with E-state index in [1.807, 2.05) is 0 Å². The molecule has 0 saturated carbocycles. The van der Waals surface area contributed by atoms with Gasteiger partial charge in [-0.3, -0.25) is 4.79 Å². The van der Waals surface area contributed by atoms with Crippen LogP contribution >= 0.6 is 11.6 Å². The van der Waals surface area contributed by atoms with Crippen molar-refractivity contribution in [3.8, 4) is 5.75 Å². The first-order valence-corrected chi connectivity index (χ1v) is 6.34. The molecule has 4 N–H and O–H groups in total. The zero-order chi connectivity index (χ0) is 15.4. The molecule has 8 heteroatoms. The Morgan fingerprint density at radius 3 is 2.76 bits per heavy atom.